The summed E-state index contributed by atoms with van der Waals surface area (Å²) in [4.78, 5) is 6.79. The molecule has 1 aromatic carbocycles. The molecule has 0 aromatic heterocycles. The van der Waals surface area contributed by atoms with Crippen LogP contribution in [0.5, 0.6) is 5.75 Å². The van der Waals surface area contributed by atoms with E-state index in [0.717, 1.165) is 24.4 Å². The maximum Gasteiger partial charge on any atom is 0.191 e. The van der Waals surface area contributed by atoms with Crippen molar-refractivity contribution >= 4 is 5.96 Å². The van der Waals surface area contributed by atoms with E-state index in [4.69, 9.17) is 15.2 Å². The molecule has 5 nitrogen and oxygen atoms in total. The largest absolute Gasteiger partial charge is 0.491 e. The molecule has 1 fully saturated rings. The van der Waals surface area contributed by atoms with Crippen molar-refractivity contribution in [3.05, 3.63) is 29.3 Å². The average molecular weight is 319 g/mol. The van der Waals surface area contributed by atoms with Crippen LogP contribution in [0.15, 0.2) is 23.2 Å². The first-order valence-corrected chi connectivity index (χ1v) is 8.47. The van der Waals surface area contributed by atoms with E-state index in [1.54, 1.807) is 7.11 Å². The summed E-state index contributed by atoms with van der Waals surface area (Å²) in [5, 5.41) is 0. The maximum atomic E-state index is 6.18. The van der Waals surface area contributed by atoms with Gasteiger partial charge in [-0.05, 0) is 31.4 Å². The van der Waals surface area contributed by atoms with Gasteiger partial charge in [-0.3, -0.25) is 0 Å². The first-order valence-electron chi connectivity index (χ1n) is 8.47. The zero-order valence-electron chi connectivity index (χ0n) is 14.4. The van der Waals surface area contributed by atoms with Crippen molar-refractivity contribution in [2.75, 3.05) is 33.4 Å². The Bertz CT molecular complexity index is 509. The molecule has 23 heavy (non-hydrogen) atoms. The number of guanidine groups is 1. The van der Waals surface area contributed by atoms with Crippen LogP contribution in [0.3, 0.4) is 0 Å². The third kappa shape index (κ3) is 5.75. The standard InChI is InChI=1S/C18H29N3O2/c1-15-7-8-16(17(13-15)23-12-11-22-2)14-20-18(19)21-9-5-3-4-6-10-21/h7-8,13H,3-6,9-12,14H2,1-2H3,(H2,19,20). The second-order valence-corrected chi connectivity index (χ2v) is 6.03. The summed E-state index contributed by atoms with van der Waals surface area (Å²) in [6.45, 7) is 5.75. The van der Waals surface area contributed by atoms with Gasteiger partial charge < -0.3 is 20.1 Å². The molecule has 0 spiro atoms. The number of nitrogens with two attached hydrogens (primary N) is 1. The minimum absolute atomic E-state index is 0.540. The van der Waals surface area contributed by atoms with Crippen molar-refractivity contribution in [2.45, 2.75) is 39.2 Å². The van der Waals surface area contributed by atoms with Crippen LogP contribution in [0.2, 0.25) is 0 Å². The lowest BCUT2D eigenvalue weighted by Gasteiger charge is -2.21. The van der Waals surface area contributed by atoms with E-state index in [9.17, 15) is 0 Å². The SMILES string of the molecule is COCCOc1cc(C)ccc1CN=C(N)N1CCCCCC1. The average Bonchev–Trinajstić information content (AvgIpc) is 2.83. The van der Waals surface area contributed by atoms with Crippen LogP contribution in [0.1, 0.15) is 36.8 Å². The molecule has 0 bridgehead atoms. The fourth-order valence-corrected chi connectivity index (χ4v) is 2.73. The third-order valence-corrected chi connectivity index (χ3v) is 4.11. The highest BCUT2D eigenvalue weighted by Gasteiger charge is 2.11. The molecule has 0 atom stereocenters. The van der Waals surface area contributed by atoms with Crippen molar-refractivity contribution in [1.82, 2.24) is 4.90 Å². The summed E-state index contributed by atoms with van der Waals surface area (Å²) in [5.74, 6) is 1.52. The number of benzene rings is 1. The molecule has 1 aliphatic heterocycles. The van der Waals surface area contributed by atoms with E-state index < -0.39 is 0 Å². The lowest BCUT2D eigenvalue weighted by molar-refractivity contribution is 0.145. The Morgan fingerprint density at radius 3 is 2.61 bits per heavy atom. The van der Waals surface area contributed by atoms with Gasteiger partial charge in [0.25, 0.3) is 0 Å². The molecule has 1 heterocycles. The molecule has 2 N–H and O–H groups in total. The van der Waals surface area contributed by atoms with E-state index in [1.807, 2.05) is 6.07 Å². The zero-order chi connectivity index (χ0) is 16.5. The van der Waals surface area contributed by atoms with Crippen LogP contribution in [-0.4, -0.2) is 44.3 Å². The molecular formula is C18H29N3O2. The quantitative estimate of drug-likeness (QED) is 0.497. The van der Waals surface area contributed by atoms with E-state index >= 15 is 0 Å². The summed E-state index contributed by atoms with van der Waals surface area (Å²) >= 11 is 0. The highest BCUT2D eigenvalue weighted by molar-refractivity contribution is 5.78. The summed E-state index contributed by atoms with van der Waals surface area (Å²) in [7, 11) is 1.67. The Hall–Kier alpha value is -1.75. The van der Waals surface area contributed by atoms with Crippen LogP contribution in [0.4, 0.5) is 0 Å². The van der Waals surface area contributed by atoms with Crippen molar-refractivity contribution in [2.24, 2.45) is 10.7 Å². The smallest absolute Gasteiger partial charge is 0.191 e. The minimum Gasteiger partial charge on any atom is -0.491 e. The fourth-order valence-electron chi connectivity index (χ4n) is 2.73. The van der Waals surface area contributed by atoms with Crippen molar-refractivity contribution in [3.8, 4) is 5.75 Å². The summed E-state index contributed by atoms with van der Waals surface area (Å²) in [6.07, 6.45) is 4.98. The van der Waals surface area contributed by atoms with Crippen molar-refractivity contribution in [1.29, 1.82) is 0 Å². The van der Waals surface area contributed by atoms with Gasteiger partial charge in [-0.15, -0.1) is 0 Å². The monoisotopic (exact) mass is 319 g/mol. The number of hydrogen-bond acceptors (Lipinski definition) is 3. The Morgan fingerprint density at radius 1 is 1.17 bits per heavy atom. The van der Waals surface area contributed by atoms with Gasteiger partial charge in [0.1, 0.15) is 12.4 Å². The van der Waals surface area contributed by atoms with Crippen LogP contribution >= 0.6 is 0 Å². The first-order chi connectivity index (χ1) is 11.2. The molecule has 1 aromatic rings. The van der Waals surface area contributed by atoms with Gasteiger partial charge in [-0.2, -0.15) is 0 Å². The van der Waals surface area contributed by atoms with Crippen LogP contribution in [-0.2, 0) is 11.3 Å². The molecule has 0 saturated carbocycles. The number of aryl methyl sites for hydroxylation is 1. The van der Waals surface area contributed by atoms with Gasteiger partial charge in [0.05, 0.1) is 13.2 Å². The number of likely N-dealkylation sites (tertiary alicyclic amines) is 1. The number of methoxy groups -OCH3 is 1. The van der Waals surface area contributed by atoms with Gasteiger partial charge in [0.15, 0.2) is 5.96 Å². The van der Waals surface area contributed by atoms with E-state index in [0.29, 0.717) is 25.7 Å². The number of nitrogens with zero attached hydrogens (tertiary/aromatic N) is 2. The number of rotatable bonds is 6. The van der Waals surface area contributed by atoms with Gasteiger partial charge in [-0.1, -0.05) is 25.0 Å². The number of hydrogen-bond donors (Lipinski definition) is 1. The normalized spacial score (nSPS) is 16.3. The predicted molar refractivity (Wildman–Crippen MR) is 93.9 cm³/mol. The molecule has 0 aliphatic carbocycles. The fraction of sp³-hybridized carbons (Fsp3) is 0.611. The molecule has 0 radical (unpaired) electrons. The molecule has 5 heteroatoms. The van der Waals surface area contributed by atoms with Gasteiger partial charge >= 0.3 is 0 Å². The second-order valence-electron chi connectivity index (χ2n) is 6.03. The van der Waals surface area contributed by atoms with Gasteiger partial charge in [-0.25, -0.2) is 4.99 Å². The van der Waals surface area contributed by atoms with E-state index in [1.165, 1.54) is 31.2 Å². The van der Waals surface area contributed by atoms with Crippen molar-refractivity contribution < 1.29 is 9.47 Å². The lowest BCUT2D eigenvalue weighted by Crippen LogP contribution is -2.38. The first kappa shape index (κ1) is 17.6. The van der Waals surface area contributed by atoms with Crippen molar-refractivity contribution in [3.63, 3.8) is 0 Å². The molecule has 0 unspecified atom stereocenters. The van der Waals surface area contributed by atoms with Crippen LogP contribution in [0, 0.1) is 6.92 Å². The molecule has 1 aliphatic rings. The number of ether oxygens (including phenoxy) is 2. The summed E-state index contributed by atoms with van der Waals surface area (Å²) in [6, 6.07) is 6.19. The topological polar surface area (TPSA) is 60.1 Å². The minimum atomic E-state index is 0.540. The lowest BCUT2D eigenvalue weighted by atomic mass is 10.1. The summed E-state index contributed by atoms with van der Waals surface area (Å²) < 4.78 is 10.9. The van der Waals surface area contributed by atoms with Crippen LogP contribution < -0.4 is 10.5 Å². The second kappa shape index (κ2) is 9.40. The Morgan fingerprint density at radius 2 is 1.91 bits per heavy atom. The van der Waals surface area contributed by atoms with Gasteiger partial charge in [0, 0.05) is 25.8 Å². The number of aliphatic imine (C=N–C) groups is 1. The zero-order valence-corrected chi connectivity index (χ0v) is 14.4. The van der Waals surface area contributed by atoms with E-state index in [-0.39, 0.29) is 0 Å². The highest BCUT2D eigenvalue weighted by atomic mass is 16.5. The van der Waals surface area contributed by atoms with E-state index in [2.05, 4.69) is 28.9 Å². The Labute approximate surface area is 139 Å². The molecule has 1 saturated heterocycles. The molecule has 2 rings (SSSR count). The van der Waals surface area contributed by atoms with Crippen LogP contribution in [0.25, 0.3) is 0 Å². The molecule has 0 amide bonds. The summed E-state index contributed by atoms with van der Waals surface area (Å²) in [5.41, 5.74) is 8.41. The third-order valence-electron chi connectivity index (χ3n) is 4.11. The highest BCUT2D eigenvalue weighted by Crippen LogP contribution is 2.21. The Balaban J connectivity index is 2.01. The maximum absolute atomic E-state index is 6.18. The molecular weight excluding hydrogens is 290 g/mol. The molecule has 128 valence electrons. The predicted octanol–water partition coefficient (Wildman–Crippen LogP) is 2.71. The Kier molecular flexibility index (Phi) is 7.20. The van der Waals surface area contributed by atoms with Gasteiger partial charge in [0.2, 0.25) is 0 Å².